The van der Waals surface area contributed by atoms with Crippen LogP contribution in [0.2, 0.25) is 0 Å². The van der Waals surface area contributed by atoms with Gasteiger partial charge in [0.25, 0.3) is 0 Å². The van der Waals surface area contributed by atoms with E-state index in [4.69, 9.17) is 20.6 Å². The second kappa shape index (κ2) is 5.92. The molecule has 0 unspecified atom stereocenters. The number of hydrogen-bond acceptors (Lipinski definition) is 5. The monoisotopic (exact) mass is 324 g/mol. The van der Waals surface area contributed by atoms with Crippen LogP contribution in [-0.2, 0) is 6.61 Å². The third kappa shape index (κ3) is 2.69. The summed E-state index contributed by atoms with van der Waals surface area (Å²) >= 11 is 0. The SMILES string of the molecule is Cc1c(N)c(C)c2c(=O)cc(COc3ccc(N)cc3)oc2c1C. The molecular weight excluding hydrogens is 304 g/mol. The predicted octanol–water partition coefficient (Wildman–Crippen LogP) is 3.46. The summed E-state index contributed by atoms with van der Waals surface area (Å²) in [6.45, 7) is 5.83. The number of ether oxygens (including phenoxy) is 1. The lowest BCUT2D eigenvalue weighted by Gasteiger charge is -2.13. The summed E-state index contributed by atoms with van der Waals surface area (Å²) in [6.07, 6.45) is 0. The molecule has 0 aliphatic heterocycles. The van der Waals surface area contributed by atoms with Crippen molar-refractivity contribution in [1.29, 1.82) is 0 Å². The fourth-order valence-electron chi connectivity index (χ4n) is 2.74. The molecule has 5 heteroatoms. The molecule has 3 rings (SSSR count). The van der Waals surface area contributed by atoms with Crippen molar-refractivity contribution in [2.24, 2.45) is 0 Å². The van der Waals surface area contributed by atoms with Gasteiger partial charge in [0.2, 0.25) is 0 Å². The highest BCUT2D eigenvalue weighted by molar-refractivity contribution is 5.89. The lowest BCUT2D eigenvalue weighted by Crippen LogP contribution is -2.09. The second-order valence-electron chi connectivity index (χ2n) is 5.93. The Kier molecular flexibility index (Phi) is 3.93. The van der Waals surface area contributed by atoms with Crippen LogP contribution in [0.3, 0.4) is 0 Å². The second-order valence-corrected chi connectivity index (χ2v) is 5.93. The number of nitrogen functional groups attached to an aromatic ring is 2. The maximum absolute atomic E-state index is 12.5. The van der Waals surface area contributed by atoms with Crippen molar-refractivity contribution in [2.45, 2.75) is 27.4 Å². The first kappa shape index (κ1) is 15.9. The van der Waals surface area contributed by atoms with Crippen molar-refractivity contribution in [3.63, 3.8) is 0 Å². The van der Waals surface area contributed by atoms with E-state index in [1.807, 2.05) is 20.8 Å². The van der Waals surface area contributed by atoms with Crippen LogP contribution in [0.15, 0.2) is 39.5 Å². The van der Waals surface area contributed by atoms with Gasteiger partial charge in [-0.3, -0.25) is 4.79 Å². The van der Waals surface area contributed by atoms with Crippen molar-refractivity contribution in [1.82, 2.24) is 0 Å². The molecule has 0 aliphatic rings. The standard InChI is InChI=1S/C19H20N2O3/c1-10-11(2)19-17(12(3)18(10)21)16(22)8-15(24-19)9-23-14-6-4-13(20)5-7-14/h4-8H,9,20-21H2,1-3H3. The average Bonchev–Trinajstić information content (AvgIpc) is 2.57. The largest absolute Gasteiger partial charge is 0.486 e. The molecule has 5 nitrogen and oxygen atoms in total. The molecule has 2 aromatic carbocycles. The Bertz CT molecular complexity index is 973. The molecule has 0 bridgehead atoms. The van der Waals surface area contributed by atoms with Crippen LogP contribution < -0.4 is 21.6 Å². The van der Waals surface area contributed by atoms with E-state index in [0.29, 0.717) is 33.9 Å². The van der Waals surface area contributed by atoms with E-state index in [1.165, 1.54) is 6.07 Å². The first-order valence-corrected chi connectivity index (χ1v) is 7.68. The molecule has 0 radical (unpaired) electrons. The zero-order chi connectivity index (χ0) is 17.4. The van der Waals surface area contributed by atoms with E-state index in [2.05, 4.69) is 0 Å². The Morgan fingerprint density at radius 1 is 1.00 bits per heavy atom. The summed E-state index contributed by atoms with van der Waals surface area (Å²) in [5.41, 5.74) is 16.1. The quantitative estimate of drug-likeness (QED) is 0.720. The third-order valence-corrected chi connectivity index (χ3v) is 4.35. The number of anilines is 2. The van der Waals surface area contributed by atoms with Gasteiger partial charge in [-0.25, -0.2) is 0 Å². The van der Waals surface area contributed by atoms with Crippen molar-refractivity contribution >= 4 is 22.3 Å². The first-order valence-electron chi connectivity index (χ1n) is 7.68. The van der Waals surface area contributed by atoms with Crippen LogP contribution in [-0.4, -0.2) is 0 Å². The van der Waals surface area contributed by atoms with E-state index < -0.39 is 0 Å². The van der Waals surface area contributed by atoms with Gasteiger partial charge in [0.1, 0.15) is 23.7 Å². The van der Waals surface area contributed by atoms with E-state index in [0.717, 1.165) is 16.7 Å². The van der Waals surface area contributed by atoms with E-state index >= 15 is 0 Å². The summed E-state index contributed by atoms with van der Waals surface area (Å²) in [7, 11) is 0. The zero-order valence-corrected chi connectivity index (χ0v) is 14.0. The molecule has 3 aromatic rings. The molecule has 1 aromatic heterocycles. The number of benzene rings is 2. The van der Waals surface area contributed by atoms with Crippen LogP contribution in [0.4, 0.5) is 11.4 Å². The molecule has 0 aliphatic carbocycles. The third-order valence-electron chi connectivity index (χ3n) is 4.35. The van der Waals surface area contributed by atoms with Crippen LogP contribution >= 0.6 is 0 Å². The minimum Gasteiger partial charge on any atom is -0.486 e. The molecule has 124 valence electrons. The van der Waals surface area contributed by atoms with E-state index in [-0.39, 0.29) is 12.0 Å². The Morgan fingerprint density at radius 2 is 1.67 bits per heavy atom. The lowest BCUT2D eigenvalue weighted by atomic mass is 9.98. The number of rotatable bonds is 3. The highest BCUT2D eigenvalue weighted by Gasteiger charge is 2.15. The molecule has 0 spiro atoms. The number of hydrogen-bond donors (Lipinski definition) is 2. The van der Waals surface area contributed by atoms with Gasteiger partial charge in [0.15, 0.2) is 5.43 Å². The number of nitrogens with two attached hydrogens (primary N) is 2. The Morgan fingerprint density at radius 3 is 2.33 bits per heavy atom. The van der Waals surface area contributed by atoms with Crippen molar-refractivity contribution in [2.75, 3.05) is 11.5 Å². The Labute approximate surface area is 139 Å². The Balaban J connectivity index is 2.01. The molecular formula is C19H20N2O3. The summed E-state index contributed by atoms with van der Waals surface area (Å²) in [4.78, 5) is 12.5. The topological polar surface area (TPSA) is 91.5 Å². The van der Waals surface area contributed by atoms with Gasteiger partial charge in [-0.1, -0.05) is 0 Å². The van der Waals surface area contributed by atoms with Crippen LogP contribution in [0, 0.1) is 20.8 Å². The van der Waals surface area contributed by atoms with Crippen LogP contribution in [0.25, 0.3) is 11.0 Å². The number of aryl methyl sites for hydroxylation is 2. The lowest BCUT2D eigenvalue weighted by molar-refractivity contribution is 0.272. The van der Waals surface area contributed by atoms with Gasteiger partial charge in [-0.15, -0.1) is 0 Å². The maximum Gasteiger partial charge on any atom is 0.193 e. The maximum atomic E-state index is 12.5. The van der Waals surface area contributed by atoms with Gasteiger partial charge in [-0.2, -0.15) is 0 Å². The van der Waals surface area contributed by atoms with Crippen molar-refractivity contribution < 1.29 is 9.15 Å². The van der Waals surface area contributed by atoms with Crippen molar-refractivity contribution in [3.05, 3.63) is 63.0 Å². The summed E-state index contributed by atoms with van der Waals surface area (Å²) < 4.78 is 11.6. The molecule has 24 heavy (non-hydrogen) atoms. The predicted molar refractivity (Wildman–Crippen MR) is 96.3 cm³/mol. The molecule has 1 heterocycles. The molecule has 0 saturated carbocycles. The molecule has 0 atom stereocenters. The Hall–Kier alpha value is -2.95. The molecule has 0 fully saturated rings. The minimum absolute atomic E-state index is 0.112. The minimum atomic E-state index is -0.112. The summed E-state index contributed by atoms with van der Waals surface area (Å²) in [6, 6.07) is 8.52. The van der Waals surface area contributed by atoms with Gasteiger partial charge < -0.3 is 20.6 Å². The summed E-state index contributed by atoms with van der Waals surface area (Å²) in [5.74, 6) is 1.13. The molecule has 4 N–H and O–H groups in total. The first-order chi connectivity index (χ1) is 11.4. The smallest absolute Gasteiger partial charge is 0.193 e. The number of fused-ring (bicyclic) bond motifs is 1. The highest BCUT2D eigenvalue weighted by atomic mass is 16.5. The van der Waals surface area contributed by atoms with Gasteiger partial charge in [-0.05, 0) is 61.7 Å². The summed E-state index contributed by atoms with van der Waals surface area (Å²) in [5, 5.41) is 0.534. The fourth-order valence-corrected chi connectivity index (χ4v) is 2.74. The van der Waals surface area contributed by atoms with Gasteiger partial charge >= 0.3 is 0 Å². The van der Waals surface area contributed by atoms with Gasteiger partial charge in [0, 0.05) is 17.4 Å². The molecule has 0 saturated heterocycles. The normalized spacial score (nSPS) is 11.0. The average molecular weight is 324 g/mol. The molecule has 0 amide bonds. The van der Waals surface area contributed by atoms with Gasteiger partial charge in [0.05, 0.1) is 5.39 Å². The van der Waals surface area contributed by atoms with Crippen LogP contribution in [0.1, 0.15) is 22.5 Å². The van der Waals surface area contributed by atoms with Crippen LogP contribution in [0.5, 0.6) is 5.75 Å². The van der Waals surface area contributed by atoms with E-state index in [9.17, 15) is 4.79 Å². The fraction of sp³-hybridized carbons (Fsp3) is 0.211. The highest BCUT2D eigenvalue weighted by Crippen LogP contribution is 2.30. The zero-order valence-electron chi connectivity index (χ0n) is 14.0. The van der Waals surface area contributed by atoms with E-state index in [1.54, 1.807) is 24.3 Å². The van der Waals surface area contributed by atoms with Crippen molar-refractivity contribution in [3.8, 4) is 5.75 Å².